The smallest absolute Gasteiger partial charge is 0.222 e. The number of halogens is 1. The summed E-state index contributed by atoms with van der Waals surface area (Å²) in [5.74, 6) is 2.94. The molecule has 3 aliphatic carbocycles. The van der Waals surface area contributed by atoms with E-state index in [2.05, 4.69) is 54.5 Å². The maximum atomic E-state index is 12.1. The van der Waals surface area contributed by atoms with E-state index in [0.717, 1.165) is 30.6 Å². The molecule has 0 radical (unpaired) electrons. The summed E-state index contributed by atoms with van der Waals surface area (Å²) in [5.41, 5.74) is 0.822. The number of fused-ring (bicyclic) bond motifs is 5. The van der Waals surface area contributed by atoms with Crippen molar-refractivity contribution in [3.05, 3.63) is 9.66 Å². The Morgan fingerprint density at radius 3 is 2.73 bits per heavy atom. The molecule has 3 fully saturated rings. The number of nitrogens with zero attached hydrogens (tertiary/aromatic N) is 1. The van der Waals surface area contributed by atoms with Gasteiger partial charge in [0.2, 0.25) is 5.91 Å². The van der Waals surface area contributed by atoms with Crippen LogP contribution in [0.4, 0.5) is 0 Å². The minimum Gasteiger partial charge on any atom is -0.342 e. The Kier molecular flexibility index (Phi) is 3.49. The third-order valence-corrected chi connectivity index (χ3v) is 9.72. The van der Waals surface area contributed by atoms with Crippen LogP contribution in [0.3, 0.4) is 0 Å². The summed E-state index contributed by atoms with van der Waals surface area (Å²) < 4.78 is 1.62. The zero-order valence-electron chi connectivity index (χ0n) is 14.1. The summed E-state index contributed by atoms with van der Waals surface area (Å²) in [6, 6.07) is 0.493. The van der Waals surface area contributed by atoms with Crippen LogP contribution in [-0.4, -0.2) is 23.9 Å². The van der Waals surface area contributed by atoms with E-state index in [4.69, 9.17) is 0 Å². The SMILES string of the molecule is CN1C(=O)CC[C@@]2(C)C1CC[C@@H]1[C@@H]2CC[C@]2(C)C(I)=CC[C@@H]12. The Hall–Kier alpha value is -0.0600. The standard InChI is InChI=1S/C19H28INO/c1-18-10-8-14-12(13(18)5-6-15(18)20)4-7-16-19(14,2)11-9-17(22)21(16)3/h6,12-14,16H,4-5,7-11H2,1-3H3/t12-,13-,14-,16?,18-,19+/m0/s1. The first-order valence-electron chi connectivity index (χ1n) is 9.00. The van der Waals surface area contributed by atoms with Crippen LogP contribution in [-0.2, 0) is 4.79 Å². The van der Waals surface area contributed by atoms with Crippen LogP contribution in [0.25, 0.3) is 0 Å². The molecule has 122 valence electrons. The molecule has 4 aliphatic rings. The molecule has 2 saturated carbocycles. The predicted molar refractivity (Wildman–Crippen MR) is 97.7 cm³/mol. The monoisotopic (exact) mass is 413 g/mol. The first kappa shape index (κ1) is 15.5. The molecule has 1 saturated heterocycles. The van der Waals surface area contributed by atoms with Crippen molar-refractivity contribution in [1.29, 1.82) is 0 Å². The number of carbonyl (C=O) groups excluding carboxylic acids is 1. The van der Waals surface area contributed by atoms with Crippen LogP contribution >= 0.6 is 22.6 Å². The molecule has 22 heavy (non-hydrogen) atoms. The first-order chi connectivity index (χ1) is 10.4. The summed E-state index contributed by atoms with van der Waals surface area (Å²) >= 11 is 2.60. The Bertz CT molecular complexity index is 544. The van der Waals surface area contributed by atoms with Crippen LogP contribution < -0.4 is 0 Å². The highest BCUT2D eigenvalue weighted by Crippen LogP contribution is 2.65. The van der Waals surface area contributed by atoms with Crippen molar-refractivity contribution < 1.29 is 4.79 Å². The quantitative estimate of drug-likeness (QED) is 0.524. The number of rotatable bonds is 0. The van der Waals surface area contributed by atoms with E-state index in [1.807, 2.05) is 0 Å². The number of hydrogen-bond acceptors (Lipinski definition) is 1. The van der Waals surface area contributed by atoms with E-state index in [0.29, 0.717) is 22.8 Å². The maximum Gasteiger partial charge on any atom is 0.222 e. The highest BCUT2D eigenvalue weighted by Gasteiger charge is 2.59. The molecule has 1 aliphatic heterocycles. The van der Waals surface area contributed by atoms with Gasteiger partial charge in [0.25, 0.3) is 0 Å². The van der Waals surface area contributed by atoms with Gasteiger partial charge in [-0.2, -0.15) is 0 Å². The molecule has 0 N–H and O–H groups in total. The molecule has 0 bridgehead atoms. The number of amides is 1. The minimum atomic E-state index is 0.362. The lowest BCUT2D eigenvalue weighted by Crippen LogP contribution is -2.61. The van der Waals surface area contributed by atoms with Crippen LogP contribution in [0.1, 0.15) is 58.8 Å². The van der Waals surface area contributed by atoms with Crippen molar-refractivity contribution in [2.45, 2.75) is 64.8 Å². The van der Waals surface area contributed by atoms with Crippen molar-refractivity contribution >= 4 is 28.5 Å². The van der Waals surface area contributed by atoms with Gasteiger partial charge in [-0.05, 0) is 87.9 Å². The molecule has 3 heteroatoms. The predicted octanol–water partition coefficient (Wildman–Crippen LogP) is 4.78. The highest BCUT2D eigenvalue weighted by molar-refractivity contribution is 14.1. The van der Waals surface area contributed by atoms with Gasteiger partial charge in [-0.15, -0.1) is 0 Å². The third-order valence-electron chi connectivity index (χ3n) is 8.04. The molecule has 6 atom stereocenters. The molecule has 1 unspecified atom stereocenters. The molecule has 1 amide bonds. The van der Waals surface area contributed by atoms with Crippen molar-refractivity contribution in [1.82, 2.24) is 4.90 Å². The van der Waals surface area contributed by atoms with Crippen LogP contribution in [0.5, 0.6) is 0 Å². The van der Waals surface area contributed by atoms with Gasteiger partial charge in [-0.25, -0.2) is 0 Å². The van der Waals surface area contributed by atoms with E-state index in [-0.39, 0.29) is 0 Å². The van der Waals surface area contributed by atoms with Gasteiger partial charge >= 0.3 is 0 Å². The largest absolute Gasteiger partial charge is 0.342 e. The lowest BCUT2D eigenvalue weighted by atomic mass is 9.47. The van der Waals surface area contributed by atoms with Crippen molar-refractivity contribution in [3.8, 4) is 0 Å². The second-order valence-electron chi connectivity index (χ2n) is 8.72. The molecule has 0 spiro atoms. The summed E-state index contributed by atoms with van der Waals surface area (Å²) in [7, 11) is 2.05. The van der Waals surface area contributed by atoms with Crippen molar-refractivity contribution in [3.63, 3.8) is 0 Å². The van der Waals surface area contributed by atoms with E-state index in [9.17, 15) is 4.79 Å². The Morgan fingerprint density at radius 1 is 1.18 bits per heavy atom. The van der Waals surface area contributed by atoms with E-state index >= 15 is 0 Å². The van der Waals surface area contributed by atoms with E-state index in [1.165, 1.54) is 32.1 Å². The maximum absolute atomic E-state index is 12.1. The molecule has 4 rings (SSSR count). The number of carbonyl (C=O) groups is 1. The van der Waals surface area contributed by atoms with Crippen LogP contribution in [0.15, 0.2) is 9.66 Å². The van der Waals surface area contributed by atoms with Crippen LogP contribution in [0, 0.1) is 28.6 Å². The summed E-state index contributed by atoms with van der Waals surface area (Å²) in [5, 5.41) is 0. The lowest BCUT2D eigenvalue weighted by Gasteiger charge is -2.61. The summed E-state index contributed by atoms with van der Waals surface area (Å²) in [6.45, 7) is 5.03. The Morgan fingerprint density at radius 2 is 1.95 bits per heavy atom. The number of piperidine rings is 1. The Balaban J connectivity index is 1.66. The molecule has 0 aromatic heterocycles. The molecule has 0 aromatic rings. The normalized spacial score (nSPS) is 51.0. The van der Waals surface area contributed by atoms with Gasteiger partial charge in [0, 0.05) is 24.9 Å². The van der Waals surface area contributed by atoms with Crippen molar-refractivity contribution in [2.75, 3.05) is 7.05 Å². The van der Waals surface area contributed by atoms with E-state index in [1.54, 1.807) is 3.58 Å². The molecule has 1 heterocycles. The van der Waals surface area contributed by atoms with Gasteiger partial charge in [0.05, 0.1) is 0 Å². The summed E-state index contributed by atoms with van der Waals surface area (Å²) in [6.07, 6.45) is 11.0. The Labute approximate surface area is 148 Å². The van der Waals surface area contributed by atoms with Gasteiger partial charge < -0.3 is 4.90 Å². The van der Waals surface area contributed by atoms with Crippen molar-refractivity contribution in [2.24, 2.45) is 28.6 Å². The average Bonchev–Trinajstić information content (AvgIpc) is 2.79. The molecular formula is C19H28INO. The van der Waals surface area contributed by atoms with Crippen LogP contribution in [0.2, 0.25) is 0 Å². The topological polar surface area (TPSA) is 20.3 Å². The molecule has 0 aromatic carbocycles. The minimum absolute atomic E-state index is 0.362. The highest BCUT2D eigenvalue weighted by atomic mass is 127. The zero-order chi connectivity index (χ0) is 15.7. The van der Waals surface area contributed by atoms with E-state index < -0.39 is 0 Å². The average molecular weight is 413 g/mol. The third kappa shape index (κ3) is 1.86. The number of likely N-dealkylation sites (tertiary alicyclic amines) is 1. The fraction of sp³-hybridized carbons (Fsp3) is 0.842. The zero-order valence-corrected chi connectivity index (χ0v) is 16.2. The second-order valence-corrected chi connectivity index (χ2v) is 9.89. The number of allylic oxidation sites excluding steroid dienone is 2. The fourth-order valence-corrected chi connectivity index (χ4v) is 7.59. The molecule has 2 nitrogen and oxygen atoms in total. The van der Waals surface area contributed by atoms with Gasteiger partial charge in [-0.1, -0.05) is 19.9 Å². The molecular weight excluding hydrogens is 385 g/mol. The second kappa shape index (κ2) is 4.97. The van der Waals surface area contributed by atoms with Gasteiger partial charge in [0.1, 0.15) is 0 Å². The number of hydrogen-bond donors (Lipinski definition) is 0. The first-order valence-corrected chi connectivity index (χ1v) is 10.1. The lowest BCUT2D eigenvalue weighted by molar-refractivity contribution is -0.156. The fourth-order valence-electron chi connectivity index (χ4n) is 6.67. The summed E-state index contributed by atoms with van der Waals surface area (Å²) in [4.78, 5) is 14.2. The van der Waals surface area contributed by atoms with Gasteiger partial charge in [0.15, 0.2) is 0 Å². The van der Waals surface area contributed by atoms with Gasteiger partial charge in [-0.3, -0.25) is 4.79 Å².